The van der Waals surface area contributed by atoms with E-state index in [1.807, 2.05) is 18.3 Å². The molecule has 0 spiro atoms. The van der Waals surface area contributed by atoms with Crippen LogP contribution < -0.4 is 4.74 Å². The van der Waals surface area contributed by atoms with Crippen LogP contribution in [0.15, 0.2) is 18.3 Å². The topological polar surface area (TPSA) is 22.1 Å². The molecule has 1 heterocycles. The van der Waals surface area contributed by atoms with Crippen molar-refractivity contribution in [3.8, 4) is 5.88 Å². The minimum Gasteiger partial charge on any atom is -0.481 e. The van der Waals surface area contributed by atoms with Crippen molar-refractivity contribution < 1.29 is 4.74 Å². The number of aromatic nitrogens is 1. The third-order valence-electron chi connectivity index (χ3n) is 1.63. The molecule has 0 radical (unpaired) electrons. The predicted molar refractivity (Wildman–Crippen MR) is 53.0 cm³/mol. The lowest BCUT2D eigenvalue weighted by Gasteiger charge is -2.00. The lowest BCUT2D eigenvalue weighted by molar-refractivity contribution is 0.397. The number of nitrogens with zero attached hydrogens (tertiary/aromatic N) is 1. The maximum atomic E-state index is 4.95. The second-order valence-corrected chi connectivity index (χ2v) is 2.98. The van der Waals surface area contributed by atoms with Crippen LogP contribution in [0.3, 0.4) is 0 Å². The Kier molecular flexibility index (Phi) is 3.94. The van der Waals surface area contributed by atoms with E-state index in [2.05, 4.69) is 17.6 Å². The first-order valence-corrected chi connectivity index (χ1v) is 4.60. The Morgan fingerprint density at radius 2 is 2.33 bits per heavy atom. The molecule has 3 heteroatoms. The quantitative estimate of drug-likeness (QED) is 0.721. The number of thiol groups is 1. The summed E-state index contributed by atoms with van der Waals surface area (Å²) in [5, 5.41) is 0. The summed E-state index contributed by atoms with van der Waals surface area (Å²) in [5.74, 6) is 1.59. The highest BCUT2D eigenvalue weighted by Gasteiger charge is 1.94. The van der Waals surface area contributed by atoms with E-state index in [4.69, 9.17) is 4.74 Å². The molecule has 0 bridgehead atoms. The maximum Gasteiger partial charge on any atom is 0.212 e. The Morgan fingerprint density at radius 3 is 2.83 bits per heavy atom. The van der Waals surface area contributed by atoms with Gasteiger partial charge in [-0.1, -0.05) is 6.07 Å². The SMILES string of the molecule is COc1ccc(CCCS)cn1. The molecule has 2 nitrogen and oxygen atoms in total. The van der Waals surface area contributed by atoms with Crippen LogP contribution in [0.1, 0.15) is 12.0 Å². The van der Waals surface area contributed by atoms with E-state index in [0.29, 0.717) is 5.88 Å². The van der Waals surface area contributed by atoms with E-state index in [9.17, 15) is 0 Å². The zero-order valence-electron chi connectivity index (χ0n) is 7.16. The summed E-state index contributed by atoms with van der Waals surface area (Å²) >= 11 is 4.14. The number of rotatable bonds is 4. The van der Waals surface area contributed by atoms with Gasteiger partial charge in [-0.05, 0) is 24.2 Å². The molecule has 12 heavy (non-hydrogen) atoms. The van der Waals surface area contributed by atoms with Crippen molar-refractivity contribution in [2.75, 3.05) is 12.9 Å². The number of hydrogen-bond acceptors (Lipinski definition) is 3. The normalized spacial score (nSPS) is 9.83. The van der Waals surface area contributed by atoms with E-state index < -0.39 is 0 Å². The van der Waals surface area contributed by atoms with E-state index in [1.165, 1.54) is 5.56 Å². The van der Waals surface area contributed by atoms with Gasteiger partial charge in [0.1, 0.15) is 0 Å². The summed E-state index contributed by atoms with van der Waals surface area (Å²) in [6.45, 7) is 0. The van der Waals surface area contributed by atoms with Crippen LogP contribution >= 0.6 is 12.6 Å². The zero-order valence-corrected chi connectivity index (χ0v) is 8.05. The van der Waals surface area contributed by atoms with Crippen molar-refractivity contribution in [2.24, 2.45) is 0 Å². The van der Waals surface area contributed by atoms with E-state index in [-0.39, 0.29) is 0 Å². The minimum atomic E-state index is 0.671. The molecule has 0 N–H and O–H groups in total. The lowest BCUT2D eigenvalue weighted by Crippen LogP contribution is -1.90. The summed E-state index contributed by atoms with van der Waals surface area (Å²) in [5.41, 5.74) is 1.24. The smallest absolute Gasteiger partial charge is 0.212 e. The molecule has 1 rings (SSSR count). The molecule has 0 fully saturated rings. The minimum absolute atomic E-state index is 0.671. The summed E-state index contributed by atoms with van der Waals surface area (Å²) in [6, 6.07) is 3.92. The maximum absolute atomic E-state index is 4.95. The van der Waals surface area contributed by atoms with Gasteiger partial charge in [0.05, 0.1) is 7.11 Å². The van der Waals surface area contributed by atoms with Crippen LogP contribution in [0.4, 0.5) is 0 Å². The molecule has 0 amide bonds. The molecule has 1 aromatic rings. The molecule has 0 saturated heterocycles. The number of ether oxygens (including phenoxy) is 1. The van der Waals surface area contributed by atoms with Crippen molar-refractivity contribution in [3.63, 3.8) is 0 Å². The zero-order chi connectivity index (χ0) is 8.81. The number of pyridine rings is 1. The Hall–Kier alpha value is -0.700. The molecule has 0 aliphatic carbocycles. The van der Waals surface area contributed by atoms with Crippen LogP contribution in [0.25, 0.3) is 0 Å². The molecule has 1 aromatic heterocycles. The Morgan fingerprint density at radius 1 is 1.50 bits per heavy atom. The van der Waals surface area contributed by atoms with Gasteiger partial charge in [-0.15, -0.1) is 0 Å². The number of hydrogen-bond donors (Lipinski definition) is 1. The highest BCUT2D eigenvalue weighted by molar-refractivity contribution is 7.80. The first kappa shape index (κ1) is 9.39. The van der Waals surface area contributed by atoms with Crippen molar-refractivity contribution in [3.05, 3.63) is 23.9 Å². The van der Waals surface area contributed by atoms with E-state index >= 15 is 0 Å². The van der Waals surface area contributed by atoms with Gasteiger partial charge in [0.15, 0.2) is 0 Å². The van der Waals surface area contributed by atoms with Crippen LogP contribution in [-0.4, -0.2) is 17.8 Å². The van der Waals surface area contributed by atoms with E-state index in [0.717, 1.165) is 18.6 Å². The standard InChI is InChI=1S/C9H13NOS/c1-11-9-5-4-8(7-10-9)3-2-6-12/h4-5,7,12H,2-3,6H2,1H3. The van der Waals surface area contributed by atoms with Crippen LogP contribution in [0.2, 0.25) is 0 Å². The lowest BCUT2D eigenvalue weighted by atomic mass is 10.2. The van der Waals surface area contributed by atoms with Gasteiger partial charge in [0.2, 0.25) is 5.88 Å². The van der Waals surface area contributed by atoms with Gasteiger partial charge in [-0.25, -0.2) is 4.98 Å². The molecule has 0 saturated carbocycles. The fraction of sp³-hybridized carbons (Fsp3) is 0.444. The molecule has 0 unspecified atom stereocenters. The molecular formula is C9H13NOS. The van der Waals surface area contributed by atoms with Crippen molar-refractivity contribution >= 4 is 12.6 Å². The average Bonchev–Trinajstić information content (AvgIpc) is 2.15. The van der Waals surface area contributed by atoms with E-state index in [1.54, 1.807) is 7.11 Å². The van der Waals surface area contributed by atoms with Gasteiger partial charge in [0.25, 0.3) is 0 Å². The molecule has 0 aromatic carbocycles. The van der Waals surface area contributed by atoms with Crippen molar-refractivity contribution in [1.29, 1.82) is 0 Å². The van der Waals surface area contributed by atoms with Gasteiger partial charge < -0.3 is 4.74 Å². The summed E-state index contributed by atoms with van der Waals surface area (Å²) < 4.78 is 4.95. The number of aryl methyl sites for hydroxylation is 1. The van der Waals surface area contributed by atoms with Crippen LogP contribution in [0.5, 0.6) is 5.88 Å². The molecule has 0 aliphatic rings. The Balaban J connectivity index is 2.53. The third-order valence-corrected chi connectivity index (χ3v) is 1.95. The highest BCUT2D eigenvalue weighted by atomic mass is 32.1. The predicted octanol–water partition coefficient (Wildman–Crippen LogP) is 1.95. The second-order valence-electron chi connectivity index (χ2n) is 2.54. The van der Waals surface area contributed by atoms with Crippen LogP contribution in [0, 0.1) is 0 Å². The Labute approximate surface area is 78.4 Å². The first-order chi connectivity index (χ1) is 5.86. The first-order valence-electron chi connectivity index (χ1n) is 3.96. The van der Waals surface area contributed by atoms with Crippen LogP contribution in [-0.2, 0) is 6.42 Å². The van der Waals surface area contributed by atoms with Gasteiger partial charge in [-0.2, -0.15) is 12.6 Å². The molecule has 66 valence electrons. The fourth-order valence-electron chi connectivity index (χ4n) is 0.963. The number of methoxy groups -OCH3 is 1. The van der Waals surface area contributed by atoms with Gasteiger partial charge in [-0.3, -0.25) is 0 Å². The third kappa shape index (κ3) is 2.74. The highest BCUT2D eigenvalue weighted by Crippen LogP contribution is 2.08. The summed E-state index contributed by atoms with van der Waals surface area (Å²) in [7, 11) is 1.62. The van der Waals surface area contributed by atoms with Gasteiger partial charge in [0, 0.05) is 12.3 Å². The van der Waals surface area contributed by atoms with Crippen molar-refractivity contribution in [2.45, 2.75) is 12.8 Å². The summed E-state index contributed by atoms with van der Waals surface area (Å²) in [6.07, 6.45) is 3.99. The average molecular weight is 183 g/mol. The Bertz CT molecular complexity index is 222. The molecular weight excluding hydrogens is 170 g/mol. The summed E-state index contributed by atoms with van der Waals surface area (Å²) in [4.78, 5) is 4.10. The van der Waals surface area contributed by atoms with Crippen molar-refractivity contribution in [1.82, 2.24) is 4.98 Å². The second kappa shape index (κ2) is 5.04. The monoisotopic (exact) mass is 183 g/mol. The van der Waals surface area contributed by atoms with Gasteiger partial charge >= 0.3 is 0 Å². The largest absolute Gasteiger partial charge is 0.481 e. The molecule has 0 aliphatic heterocycles. The molecule has 0 atom stereocenters. The fourth-order valence-corrected chi connectivity index (χ4v) is 1.12.